The van der Waals surface area contributed by atoms with Crippen LogP contribution in [0.3, 0.4) is 0 Å². The molecule has 3 heteroatoms. The van der Waals surface area contributed by atoms with E-state index >= 15 is 0 Å². The van der Waals surface area contributed by atoms with E-state index < -0.39 is 0 Å². The molecule has 1 aromatic carbocycles. The molecule has 1 heterocycles. The van der Waals surface area contributed by atoms with Crippen LogP contribution >= 0.6 is 0 Å². The van der Waals surface area contributed by atoms with Crippen LogP contribution in [0.15, 0.2) is 18.2 Å². The van der Waals surface area contributed by atoms with E-state index in [4.69, 9.17) is 4.74 Å². The van der Waals surface area contributed by atoms with Crippen molar-refractivity contribution in [2.75, 3.05) is 13.7 Å². The summed E-state index contributed by atoms with van der Waals surface area (Å²) in [4.78, 5) is 2.56. The molecule has 1 N–H and O–H groups in total. The summed E-state index contributed by atoms with van der Waals surface area (Å²) in [6.45, 7) is 8.04. The van der Waals surface area contributed by atoms with Crippen LogP contribution in [0.5, 0.6) is 11.5 Å². The lowest BCUT2D eigenvalue weighted by atomic mass is 9.89. The summed E-state index contributed by atoms with van der Waals surface area (Å²) < 4.78 is 5.20. The van der Waals surface area contributed by atoms with Gasteiger partial charge in [0.25, 0.3) is 0 Å². The number of benzene rings is 1. The second-order valence-corrected chi connectivity index (χ2v) is 5.71. The molecular formula is C16H25NO2. The van der Waals surface area contributed by atoms with Gasteiger partial charge in [0.1, 0.15) is 0 Å². The summed E-state index contributed by atoms with van der Waals surface area (Å²) >= 11 is 0. The monoisotopic (exact) mass is 263 g/mol. The van der Waals surface area contributed by atoms with Gasteiger partial charge in [-0.1, -0.05) is 13.0 Å². The third-order valence-corrected chi connectivity index (χ3v) is 4.61. The number of nitrogens with zero attached hydrogens (tertiary/aromatic N) is 1. The topological polar surface area (TPSA) is 32.7 Å². The Labute approximate surface area is 116 Å². The SMILES string of the molecule is COc1cc(C(C)N2CCCC(C)C2C)ccc1O. The zero-order valence-electron chi connectivity index (χ0n) is 12.4. The molecule has 1 aliphatic heterocycles. The van der Waals surface area contributed by atoms with Crippen LogP contribution in [0.4, 0.5) is 0 Å². The maximum Gasteiger partial charge on any atom is 0.160 e. The van der Waals surface area contributed by atoms with Crippen molar-refractivity contribution in [3.8, 4) is 11.5 Å². The van der Waals surface area contributed by atoms with Gasteiger partial charge in [-0.25, -0.2) is 0 Å². The van der Waals surface area contributed by atoms with Crippen LogP contribution < -0.4 is 4.74 Å². The fraction of sp³-hybridized carbons (Fsp3) is 0.625. The first kappa shape index (κ1) is 14.2. The van der Waals surface area contributed by atoms with Gasteiger partial charge in [-0.05, 0) is 56.8 Å². The highest BCUT2D eigenvalue weighted by atomic mass is 16.5. The standard InChI is InChI=1S/C16H25NO2/c1-11-6-5-9-17(12(11)2)13(3)14-7-8-15(18)16(10-14)19-4/h7-8,10-13,18H,5-6,9H2,1-4H3. The number of aromatic hydroxyl groups is 1. The Morgan fingerprint density at radius 1 is 1.37 bits per heavy atom. The molecule has 106 valence electrons. The quantitative estimate of drug-likeness (QED) is 0.904. The molecule has 1 saturated heterocycles. The molecule has 0 bridgehead atoms. The molecule has 0 spiro atoms. The molecule has 0 saturated carbocycles. The first-order valence-corrected chi connectivity index (χ1v) is 7.17. The Bertz CT molecular complexity index is 433. The predicted octanol–water partition coefficient (Wildman–Crippen LogP) is 3.58. The van der Waals surface area contributed by atoms with Gasteiger partial charge in [0.05, 0.1) is 7.11 Å². The lowest BCUT2D eigenvalue weighted by Gasteiger charge is -2.42. The number of phenols is 1. The second-order valence-electron chi connectivity index (χ2n) is 5.71. The summed E-state index contributed by atoms with van der Waals surface area (Å²) in [6.07, 6.45) is 2.59. The van der Waals surface area contributed by atoms with E-state index in [0.717, 1.165) is 12.5 Å². The van der Waals surface area contributed by atoms with Crippen molar-refractivity contribution in [2.45, 2.75) is 45.7 Å². The van der Waals surface area contributed by atoms with Gasteiger partial charge in [-0.15, -0.1) is 0 Å². The van der Waals surface area contributed by atoms with E-state index in [-0.39, 0.29) is 5.75 Å². The van der Waals surface area contributed by atoms with Crippen LogP contribution in [-0.2, 0) is 0 Å². The molecule has 3 nitrogen and oxygen atoms in total. The van der Waals surface area contributed by atoms with Gasteiger partial charge in [0.2, 0.25) is 0 Å². The smallest absolute Gasteiger partial charge is 0.160 e. The molecule has 19 heavy (non-hydrogen) atoms. The van der Waals surface area contributed by atoms with Gasteiger partial charge in [-0.2, -0.15) is 0 Å². The summed E-state index contributed by atoms with van der Waals surface area (Å²) in [5.41, 5.74) is 1.20. The molecular weight excluding hydrogens is 238 g/mol. The number of rotatable bonds is 3. The van der Waals surface area contributed by atoms with Crippen LogP contribution in [0.1, 0.15) is 45.2 Å². The van der Waals surface area contributed by atoms with Crippen molar-refractivity contribution in [2.24, 2.45) is 5.92 Å². The number of ether oxygens (including phenoxy) is 1. The molecule has 0 aliphatic carbocycles. The van der Waals surface area contributed by atoms with Gasteiger partial charge in [0.15, 0.2) is 11.5 Å². The molecule has 1 aromatic rings. The lowest BCUT2D eigenvalue weighted by molar-refractivity contribution is 0.0752. The van der Waals surface area contributed by atoms with E-state index in [2.05, 4.69) is 25.7 Å². The van der Waals surface area contributed by atoms with Crippen molar-refractivity contribution >= 4 is 0 Å². The largest absolute Gasteiger partial charge is 0.504 e. The minimum Gasteiger partial charge on any atom is -0.504 e. The van der Waals surface area contributed by atoms with Gasteiger partial charge in [0, 0.05) is 12.1 Å². The molecule has 3 atom stereocenters. The van der Waals surface area contributed by atoms with Crippen molar-refractivity contribution < 1.29 is 9.84 Å². The Balaban J connectivity index is 2.21. The summed E-state index contributed by atoms with van der Waals surface area (Å²) in [5.74, 6) is 1.51. The molecule has 0 radical (unpaired) electrons. The van der Waals surface area contributed by atoms with Crippen LogP contribution in [0.2, 0.25) is 0 Å². The zero-order chi connectivity index (χ0) is 14.0. The Kier molecular flexibility index (Phi) is 4.35. The van der Waals surface area contributed by atoms with Crippen molar-refractivity contribution in [3.05, 3.63) is 23.8 Å². The van der Waals surface area contributed by atoms with Crippen LogP contribution in [0, 0.1) is 5.92 Å². The maximum absolute atomic E-state index is 9.68. The summed E-state index contributed by atoms with van der Waals surface area (Å²) in [7, 11) is 1.59. The molecule has 0 amide bonds. The van der Waals surface area contributed by atoms with Gasteiger partial charge in [-0.3, -0.25) is 4.90 Å². The fourth-order valence-electron chi connectivity index (χ4n) is 3.06. The number of hydrogen-bond acceptors (Lipinski definition) is 3. The fourth-order valence-corrected chi connectivity index (χ4v) is 3.06. The minimum atomic E-state index is 0.207. The maximum atomic E-state index is 9.68. The first-order valence-electron chi connectivity index (χ1n) is 7.17. The summed E-state index contributed by atoms with van der Waals surface area (Å²) in [5, 5.41) is 9.68. The zero-order valence-corrected chi connectivity index (χ0v) is 12.4. The number of piperidine rings is 1. The Morgan fingerprint density at radius 2 is 2.11 bits per heavy atom. The third kappa shape index (κ3) is 2.86. The van der Waals surface area contributed by atoms with E-state index in [1.807, 2.05) is 12.1 Å². The molecule has 2 rings (SSSR count). The number of methoxy groups -OCH3 is 1. The molecule has 3 unspecified atom stereocenters. The Morgan fingerprint density at radius 3 is 2.79 bits per heavy atom. The molecule has 1 aliphatic rings. The minimum absolute atomic E-state index is 0.207. The summed E-state index contributed by atoms with van der Waals surface area (Å²) in [6, 6.07) is 6.62. The highest BCUT2D eigenvalue weighted by molar-refractivity contribution is 5.42. The number of hydrogen-bond donors (Lipinski definition) is 1. The third-order valence-electron chi connectivity index (χ3n) is 4.61. The predicted molar refractivity (Wildman–Crippen MR) is 77.6 cm³/mol. The first-order chi connectivity index (χ1) is 9.04. The highest BCUT2D eigenvalue weighted by Crippen LogP contribution is 2.34. The van der Waals surface area contributed by atoms with E-state index in [0.29, 0.717) is 17.8 Å². The average Bonchev–Trinajstić information content (AvgIpc) is 2.41. The number of likely N-dealkylation sites (tertiary alicyclic amines) is 1. The van der Waals surface area contributed by atoms with E-state index in [9.17, 15) is 5.11 Å². The van der Waals surface area contributed by atoms with Crippen molar-refractivity contribution in [1.82, 2.24) is 4.90 Å². The second kappa shape index (κ2) is 5.83. The number of phenolic OH excluding ortho intramolecular Hbond substituents is 1. The average molecular weight is 263 g/mol. The van der Waals surface area contributed by atoms with E-state index in [1.54, 1.807) is 13.2 Å². The highest BCUT2D eigenvalue weighted by Gasteiger charge is 2.29. The molecule has 1 fully saturated rings. The molecule has 0 aromatic heterocycles. The van der Waals surface area contributed by atoms with Crippen LogP contribution in [-0.4, -0.2) is 29.7 Å². The normalized spacial score (nSPS) is 26.1. The lowest BCUT2D eigenvalue weighted by Crippen LogP contribution is -2.43. The van der Waals surface area contributed by atoms with Crippen molar-refractivity contribution in [1.29, 1.82) is 0 Å². The Hall–Kier alpha value is -1.22. The van der Waals surface area contributed by atoms with E-state index in [1.165, 1.54) is 18.4 Å². The van der Waals surface area contributed by atoms with Gasteiger partial charge >= 0.3 is 0 Å². The van der Waals surface area contributed by atoms with Crippen molar-refractivity contribution in [3.63, 3.8) is 0 Å². The van der Waals surface area contributed by atoms with Gasteiger partial charge < -0.3 is 9.84 Å². The van der Waals surface area contributed by atoms with Crippen LogP contribution in [0.25, 0.3) is 0 Å².